The van der Waals surface area contributed by atoms with Crippen LogP contribution in [0.15, 0.2) is 22.8 Å². The molecule has 1 unspecified atom stereocenters. The summed E-state index contributed by atoms with van der Waals surface area (Å²) in [6.45, 7) is 0.187. The molecule has 0 bridgehead atoms. The minimum Gasteiger partial charge on any atom is -0.469 e. The lowest BCUT2D eigenvalue weighted by Gasteiger charge is -2.10. The van der Waals surface area contributed by atoms with E-state index in [2.05, 4.69) is 0 Å². The Morgan fingerprint density at radius 2 is 2.35 bits per heavy atom. The van der Waals surface area contributed by atoms with Gasteiger partial charge in [-0.2, -0.15) is 0 Å². The molecule has 2 atom stereocenters. The van der Waals surface area contributed by atoms with E-state index in [4.69, 9.17) is 14.3 Å². The van der Waals surface area contributed by atoms with Crippen molar-refractivity contribution in [3.8, 4) is 0 Å². The Morgan fingerprint density at radius 1 is 1.47 bits per heavy atom. The Bertz CT molecular complexity index is 322. The van der Waals surface area contributed by atoms with Gasteiger partial charge >= 0.3 is 0 Å². The molecule has 1 fully saturated rings. The molecule has 0 radical (unpaired) electrons. The standard InChI is InChI=1S/C13H20O4/c14-7-9-17-13(15)10-11(13)4-1-2-5-12-6-3-8-16-12/h3,6,8,11,14-15H,1-2,4-5,7,9-10H2/t11?,13-/m1/s1. The first-order valence-electron chi connectivity index (χ1n) is 6.24. The highest BCUT2D eigenvalue weighted by atomic mass is 16.6. The molecule has 0 amide bonds. The largest absolute Gasteiger partial charge is 0.469 e. The molecule has 0 aromatic carbocycles. The van der Waals surface area contributed by atoms with Crippen molar-refractivity contribution in [3.05, 3.63) is 24.2 Å². The van der Waals surface area contributed by atoms with Gasteiger partial charge in [-0.15, -0.1) is 0 Å². The molecule has 96 valence electrons. The van der Waals surface area contributed by atoms with Crippen LogP contribution in [0.25, 0.3) is 0 Å². The second-order valence-corrected chi connectivity index (χ2v) is 4.64. The lowest BCUT2D eigenvalue weighted by molar-refractivity contribution is -0.143. The maximum Gasteiger partial charge on any atom is 0.169 e. The lowest BCUT2D eigenvalue weighted by atomic mass is 10.1. The van der Waals surface area contributed by atoms with Crippen LogP contribution in [0.3, 0.4) is 0 Å². The van der Waals surface area contributed by atoms with Crippen LogP contribution in [0, 0.1) is 5.92 Å². The quantitative estimate of drug-likeness (QED) is 0.536. The first kappa shape index (κ1) is 12.6. The molecule has 0 spiro atoms. The van der Waals surface area contributed by atoms with Gasteiger partial charge in [-0.25, -0.2) is 0 Å². The number of ether oxygens (including phenoxy) is 1. The molecule has 2 rings (SSSR count). The minimum absolute atomic E-state index is 0.0342. The molecule has 1 aliphatic rings. The number of unbranched alkanes of at least 4 members (excludes halogenated alkanes) is 1. The molecule has 2 N–H and O–H groups in total. The van der Waals surface area contributed by atoms with Gasteiger partial charge in [0.1, 0.15) is 5.76 Å². The number of rotatable bonds is 8. The predicted octanol–water partition coefficient (Wildman–Crippen LogP) is 1.71. The number of furan rings is 1. The van der Waals surface area contributed by atoms with Gasteiger partial charge in [0.2, 0.25) is 0 Å². The number of hydrogen-bond acceptors (Lipinski definition) is 4. The maximum atomic E-state index is 9.85. The van der Waals surface area contributed by atoms with E-state index in [0.717, 1.165) is 31.4 Å². The summed E-state index contributed by atoms with van der Waals surface area (Å²) >= 11 is 0. The summed E-state index contributed by atoms with van der Waals surface area (Å²) in [7, 11) is 0. The van der Waals surface area contributed by atoms with Crippen LogP contribution in [0.5, 0.6) is 0 Å². The zero-order chi connectivity index (χ0) is 12.1. The summed E-state index contributed by atoms with van der Waals surface area (Å²) < 4.78 is 10.4. The van der Waals surface area contributed by atoms with Crippen molar-refractivity contribution >= 4 is 0 Å². The number of aryl methyl sites for hydroxylation is 1. The molecule has 1 saturated carbocycles. The number of aliphatic hydroxyl groups is 2. The van der Waals surface area contributed by atoms with Crippen LogP contribution in [0.4, 0.5) is 0 Å². The highest BCUT2D eigenvalue weighted by Gasteiger charge is 2.53. The van der Waals surface area contributed by atoms with E-state index in [1.165, 1.54) is 0 Å². The Hall–Kier alpha value is -0.840. The first-order chi connectivity index (χ1) is 8.24. The number of aliphatic hydroxyl groups excluding tert-OH is 1. The summed E-state index contributed by atoms with van der Waals surface area (Å²) in [5, 5.41) is 18.5. The molecule has 4 heteroatoms. The van der Waals surface area contributed by atoms with Gasteiger partial charge < -0.3 is 19.4 Å². The Labute approximate surface area is 101 Å². The smallest absolute Gasteiger partial charge is 0.169 e. The molecule has 1 heterocycles. The van der Waals surface area contributed by atoms with E-state index < -0.39 is 5.79 Å². The van der Waals surface area contributed by atoms with E-state index in [9.17, 15) is 5.11 Å². The second-order valence-electron chi connectivity index (χ2n) is 4.64. The lowest BCUT2D eigenvalue weighted by Crippen LogP contribution is -2.18. The normalized spacial score (nSPS) is 27.3. The molecule has 0 saturated heterocycles. The Kier molecular flexibility index (Phi) is 4.20. The highest BCUT2D eigenvalue weighted by molar-refractivity contribution is 4.98. The molecule has 1 aliphatic carbocycles. The van der Waals surface area contributed by atoms with Crippen LogP contribution in [0.1, 0.15) is 31.4 Å². The van der Waals surface area contributed by atoms with E-state index in [1.807, 2.05) is 12.1 Å². The van der Waals surface area contributed by atoms with E-state index in [1.54, 1.807) is 6.26 Å². The van der Waals surface area contributed by atoms with E-state index in [0.29, 0.717) is 6.42 Å². The second kappa shape index (κ2) is 5.67. The van der Waals surface area contributed by atoms with Crippen LogP contribution >= 0.6 is 0 Å². The molecule has 1 aromatic heterocycles. The van der Waals surface area contributed by atoms with Gasteiger partial charge in [0.25, 0.3) is 0 Å². The average Bonchev–Trinajstić information content (AvgIpc) is 2.77. The van der Waals surface area contributed by atoms with E-state index in [-0.39, 0.29) is 19.1 Å². The molecular weight excluding hydrogens is 220 g/mol. The average molecular weight is 240 g/mol. The zero-order valence-corrected chi connectivity index (χ0v) is 9.97. The maximum absolute atomic E-state index is 9.85. The van der Waals surface area contributed by atoms with Crippen molar-refractivity contribution in [2.24, 2.45) is 5.92 Å². The first-order valence-corrected chi connectivity index (χ1v) is 6.24. The van der Waals surface area contributed by atoms with Gasteiger partial charge in [-0.05, 0) is 25.0 Å². The van der Waals surface area contributed by atoms with Crippen LogP contribution in [-0.2, 0) is 11.2 Å². The van der Waals surface area contributed by atoms with Gasteiger partial charge in [0, 0.05) is 18.8 Å². The van der Waals surface area contributed by atoms with Crippen molar-refractivity contribution in [3.63, 3.8) is 0 Å². The third-order valence-electron chi connectivity index (χ3n) is 3.27. The zero-order valence-electron chi connectivity index (χ0n) is 9.97. The fraction of sp³-hybridized carbons (Fsp3) is 0.692. The summed E-state index contributed by atoms with van der Waals surface area (Å²) in [5.74, 6) is 0.311. The fourth-order valence-corrected chi connectivity index (χ4v) is 2.17. The van der Waals surface area contributed by atoms with Crippen LogP contribution in [-0.4, -0.2) is 29.2 Å². The summed E-state index contributed by atoms with van der Waals surface area (Å²) in [6.07, 6.45) is 6.46. The Balaban J connectivity index is 1.55. The van der Waals surface area contributed by atoms with Crippen molar-refractivity contribution < 1.29 is 19.4 Å². The molecular formula is C13H20O4. The highest BCUT2D eigenvalue weighted by Crippen LogP contribution is 2.47. The topological polar surface area (TPSA) is 62.8 Å². The molecule has 1 aromatic rings. The van der Waals surface area contributed by atoms with Crippen LogP contribution < -0.4 is 0 Å². The van der Waals surface area contributed by atoms with Gasteiger partial charge in [-0.1, -0.05) is 6.42 Å². The van der Waals surface area contributed by atoms with Crippen molar-refractivity contribution in [1.29, 1.82) is 0 Å². The summed E-state index contributed by atoms with van der Waals surface area (Å²) in [4.78, 5) is 0. The van der Waals surface area contributed by atoms with Crippen molar-refractivity contribution in [1.82, 2.24) is 0 Å². The predicted molar refractivity (Wildman–Crippen MR) is 62.4 cm³/mol. The Morgan fingerprint density at radius 3 is 3.06 bits per heavy atom. The van der Waals surface area contributed by atoms with Crippen molar-refractivity contribution in [2.45, 2.75) is 37.9 Å². The summed E-state index contributed by atoms with van der Waals surface area (Å²) in [6, 6.07) is 3.88. The molecule has 17 heavy (non-hydrogen) atoms. The molecule has 4 nitrogen and oxygen atoms in total. The third kappa shape index (κ3) is 3.56. The SMILES string of the molecule is OCCO[C@]1(O)CC1CCCCc1ccco1. The van der Waals surface area contributed by atoms with Gasteiger partial charge in [0.15, 0.2) is 5.79 Å². The monoisotopic (exact) mass is 240 g/mol. The van der Waals surface area contributed by atoms with Gasteiger partial charge in [0.05, 0.1) is 19.5 Å². The van der Waals surface area contributed by atoms with E-state index >= 15 is 0 Å². The van der Waals surface area contributed by atoms with Crippen LogP contribution in [0.2, 0.25) is 0 Å². The molecule has 0 aliphatic heterocycles. The minimum atomic E-state index is -0.951. The number of hydrogen-bond donors (Lipinski definition) is 2. The fourth-order valence-electron chi connectivity index (χ4n) is 2.17. The van der Waals surface area contributed by atoms with Gasteiger partial charge in [-0.3, -0.25) is 0 Å². The third-order valence-corrected chi connectivity index (χ3v) is 3.27. The summed E-state index contributed by atoms with van der Waals surface area (Å²) in [5.41, 5.74) is 0. The van der Waals surface area contributed by atoms with Crippen molar-refractivity contribution in [2.75, 3.05) is 13.2 Å².